The molecule has 6 aliphatic carbocycles. The molecule has 0 aromatic carbocycles. The summed E-state index contributed by atoms with van der Waals surface area (Å²) in [6.45, 7) is 11.1. The Labute approximate surface area is 355 Å². The molecule has 1 saturated heterocycles. The van der Waals surface area contributed by atoms with Gasteiger partial charge in [0.2, 0.25) is 0 Å². The third-order valence-electron chi connectivity index (χ3n) is 14.0. The Balaban J connectivity index is 0.000000330. The van der Waals surface area contributed by atoms with Crippen molar-refractivity contribution in [1.29, 1.82) is 0 Å². The Hall–Kier alpha value is -0.160. The molecule has 10 heteroatoms. The van der Waals surface area contributed by atoms with Crippen molar-refractivity contribution in [2.45, 2.75) is 167 Å². The van der Waals surface area contributed by atoms with Gasteiger partial charge in [-0.2, -0.15) is 35.3 Å². The number of hydrogen-bond acceptors (Lipinski definition) is 10. The van der Waals surface area contributed by atoms with Gasteiger partial charge in [0.25, 0.3) is 0 Å². The van der Waals surface area contributed by atoms with Crippen LogP contribution in [-0.2, 0) is 28.7 Å². The molecule has 0 radical (unpaired) electrons. The number of esters is 1. The summed E-state index contributed by atoms with van der Waals surface area (Å²) in [5.41, 5.74) is 0.401. The van der Waals surface area contributed by atoms with Gasteiger partial charge < -0.3 is 19.1 Å². The summed E-state index contributed by atoms with van der Waals surface area (Å²) in [5, 5.41) is 2.05. The normalized spacial score (nSPS) is 36.3. The van der Waals surface area contributed by atoms with E-state index in [1.807, 2.05) is 18.9 Å². The second kappa shape index (κ2) is 23.6. The van der Waals surface area contributed by atoms with Crippen molar-refractivity contribution < 1.29 is 31.5 Å². The minimum Gasteiger partial charge on any atom is -0.462 e. The van der Waals surface area contributed by atoms with Crippen LogP contribution in [0.25, 0.3) is 0 Å². The van der Waals surface area contributed by atoms with E-state index in [0.29, 0.717) is 33.7 Å². The summed E-state index contributed by atoms with van der Waals surface area (Å²) in [6, 6.07) is 0. The van der Waals surface area contributed by atoms with Crippen LogP contribution in [0, 0.1) is 52.8 Å². The van der Waals surface area contributed by atoms with Crippen molar-refractivity contribution in [3.63, 3.8) is 0 Å². The predicted molar refractivity (Wildman–Crippen MR) is 242 cm³/mol. The first-order chi connectivity index (χ1) is 26.2. The van der Waals surface area contributed by atoms with Crippen LogP contribution in [0.15, 0.2) is 0 Å². The van der Waals surface area contributed by atoms with Gasteiger partial charge in [-0.3, -0.25) is 9.59 Å². The van der Waals surface area contributed by atoms with Crippen LogP contribution in [-0.4, -0.2) is 81.7 Å². The smallest absolute Gasteiger partial charge is 0.309 e. The summed E-state index contributed by atoms with van der Waals surface area (Å²) >= 11 is 7.84. The standard InChI is InChI=1S/C24H40O3.C15H24OS4.2C3H6O.2H2/c1-24(2,18-6-10-20(26-3)11-7-18)19-8-12-21(13-9-19)27-23(25)22-15-16-4-5-17(22)14-16;1-17-6-12-7-19-13(8-18-12)9-20-15(16)14-5-10-2-3-11(14)4-10;2*1-3(2)4;;/h16-22H,4-15H2,1-3H3;10-14H,2-9H2,1H3;2*1-2H3;2*1H. The lowest BCUT2D eigenvalue weighted by molar-refractivity contribution is -0.158. The molecular formula is C45H80O6S4. The van der Waals surface area contributed by atoms with Crippen LogP contribution >= 0.6 is 47.0 Å². The Bertz CT molecular complexity index is 1200. The number of carbonyl (C=O) groups is 4. The molecule has 0 aromatic rings. The van der Waals surface area contributed by atoms with Gasteiger partial charge in [0.05, 0.1) is 12.0 Å². The first-order valence-corrected chi connectivity index (χ1v) is 26.2. The summed E-state index contributed by atoms with van der Waals surface area (Å²) < 4.78 is 11.6. The second-order valence-corrected chi connectivity index (χ2v) is 23.4. The Morgan fingerprint density at radius 1 is 0.636 bits per heavy atom. The number of thioether (sulfide) groups is 4. The first kappa shape index (κ1) is 47.5. The zero-order valence-corrected chi connectivity index (χ0v) is 38.9. The molecule has 4 bridgehead atoms. The fourth-order valence-electron chi connectivity index (χ4n) is 10.9. The van der Waals surface area contributed by atoms with E-state index in [2.05, 4.69) is 43.6 Å². The maximum atomic E-state index is 12.7. The molecule has 0 amide bonds. The molecule has 6 nitrogen and oxygen atoms in total. The van der Waals surface area contributed by atoms with Crippen LogP contribution in [0.4, 0.5) is 0 Å². The van der Waals surface area contributed by atoms with Gasteiger partial charge in [-0.15, -0.1) is 0 Å². The van der Waals surface area contributed by atoms with Crippen molar-refractivity contribution >= 4 is 69.7 Å². The summed E-state index contributed by atoms with van der Waals surface area (Å²) in [7, 11) is 1.86. The lowest BCUT2D eigenvalue weighted by Crippen LogP contribution is -2.39. The van der Waals surface area contributed by atoms with E-state index in [4.69, 9.17) is 9.47 Å². The molecule has 6 saturated carbocycles. The average molecular weight is 845 g/mol. The lowest BCUT2D eigenvalue weighted by atomic mass is 9.60. The number of rotatable bonds is 10. The minimum atomic E-state index is 0. The maximum absolute atomic E-state index is 12.7. The second-order valence-electron chi connectivity index (χ2n) is 18.8. The van der Waals surface area contributed by atoms with Crippen LogP contribution in [0.2, 0.25) is 0 Å². The van der Waals surface area contributed by atoms with E-state index >= 15 is 0 Å². The van der Waals surface area contributed by atoms with E-state index < -0.39 is 0 Å². The maximum Gasteiger partial charge on any atom is 0.309 e. The molecule has 8 unspecified atom stereocenters. The molecule has 7 aliphatic rings. The molecule has 7 rings (SSSR count). The quantitative estimate of drug-likeness (QED) is 0.198. The van der Waals surface area contributed by atoms with Gasteiger partial charge in [0.15, 0.2) is 5.12 Å². The summed E-state index contributed by atoms with van der Waals surface area (Å²) in [6.07, 6.45) is 22.8. The number of fused-ring (bicyclic) bond motifs is 4. The van der Waals surface area contributed by atoms with E-state index in [1.165, 1.54) is 128 Å². The predicted octanol–water partition coefficient (Wildman–Crippen LogP) is 11.7. The number of carbonyl (C=O) groups excluding carboxylic acids is 4. The monoisotopic (exact) mass is 844 g/mol. The van der Waals surface area contributed by atoms with Gasteiger partial charge in [-0.1, -0.05) is 38.5 Å². The molecule has 1 aliphatic heterocycles. The molecule has 0 N–H and O–H groups in total. The lowest BCUT2D eigenvalue weighted by Gasteiger charge is -2.46. The van der Waals surface area contributed by atoms with E-state index in [9.17, 15) is 19.2 Å². The molecule has 320 valence electrons. The number of ketones is 2. The summed E-state index contributed by atoms with van der Waals surface area (Å²) in [5.74, 6) is 10.7. The van der Waals surface area contributed by atoms with Crippen molar-refractivity contribution in [2.24, 2.45) is 52.8 Å². The third-order valence-corrected chi connectivity index (χ3v) is 19.5. The highest BCUT2D eigenvalue weighted by molar-refractivity contribution is 8.15. The van der Waals surface area contributed by atoms with Gasteiger partial charge in [0.1, 0.15) is 17.7 Å². The average Bonchev–Trinajstić information content (AvgIpc) is 3.99. The van der Waals surface area contributed by atoms with Crippen LogP contribution in [0.3, 0.4) is 0 Å². The third kappa shape index (κ3) is 15.1. The van der Waals surface area contributed by atoms with Crippen LogP contribution in [0.1, 0.15) is 147 Å². The fraction of sp³-hybridized carbons (Fsp3) is 0.911. The van der Waals surface area contributed by atoms with Gasteiger partial charge in [-0.05, 0) is 165 Å². The number of hydrogen-bond donors (Lipinski definition) is 0. The molecular weight excluding hydrogens is 765 g/mol. The number of Topliss-reactive ketones (excluding diaryl/α,β-unsaturated/α-hetero) is 2. The fourth-order valence-corrected chi connectivity index (χ4v) is 16.5. The Kier molecular flexibility index (Phi) is 20.4. The topological polar surface area (TPSA) is 86.7 Å². The van der Waals surface area contributed by atoms with E-state index in [1.54, 1.807) is 11.8 Å². The minimum absolute atomic E-state index is 0. The molecule has 8 atom stereocenters. The van der Waals surface area contributed by atoms with Gasteiger partial charge in [0, 0.05) is 49.4 Å². The Morgan fingerprint density at radius 2 is 1.09 bits per heavy atom. The molecule has 7 fully saturated rings. The number of ether oxygens (including phenoxy) is 2. The van der Waals surface area contributed by atoms with Crippen molar-refractivity contribution in [3.05, 3.63) is 0 Å². The molecule has 0 spiro atoms. The zero-order valence-electron chi connectivity index (χ0n) is 35.7. The zero-order chi connectivity index (χ0) is 40.1. The highest BCUT2D eigenvalue weighted by atomic mass is 32.2. The molecule has 55 heavy (non-hydrogen) atoms. The van der Waals surface area contributed by atoms with Gasteiger partial charge in [-0.25, -0.2) is 0 Å². The SMILES string of the molecule is CC(C)=O.CC(C)=O.COC1CCC(C(C)(C)C2CCC(OC(=O)C3CC4CCC3C4)CC2)CC1.CSCC1CSC(CSC(=O)C2CC3CCC2C3)CS1.[HH].[HH]. The highest BCUT2D eigenvalue weighted by Crippen LogP contribution is 2.52. The number of methoxy groups -OCH3 is 1. The molecule has 0 aromatic heterocycles. The van der Waals surface area contributed by atoms with Crippen molar-refractivity contribution in [3.8, 4) is 0 Å². The highest BCUT2D eigenvalue weighted by Gasteiger charge is 2.46. The van der Waals surface area contributed by atoms with Crippen LogP contribution in [0.5, 0.6) is 0 Å². The van der Waals surface area contributed by atoms with Crippen LogP contribution < -0.4 is 0 Å². The Morgan fingerprint density at radius 3 is 1.49 bits per heavy atom. The van der Waals surface area contributed by atoms with Gasteiger partial charge >= 0.3 is 5.97 Å². The van der Waals surface area contributed by atoms with E-state index in [-0.39, 0.29) is 32.4 Å². The molecule has 1 heterocycles. The summed E-state index contributed by atoms with van der Waals surface area (Å²) in [4.78, 5) is 43.9. The first-order valence-electron chi connectivity index (χ1n) is 21.8. The van der Waals surface area contributed by atoms with Crippen molar-refractivity contribution in [2.75, 3.05) is 36.4 Å². The van der Waals surface area contributed by atoms with Crippen molar-refractivity contribution in [1.82, 2.24) is 0 Å². The largest absolute Gasteiger partial charge is 0.462 e. The van der Waals surface area contributed by atoms with E-state index in [0.717, 1.165) is 59.9 Å².